The molecule has 0 amide bonds. The van der Waals surface area contributed by atoms with Gasteiger partial charge in [0.25, 0.3) is 0 Å². The Morgan fingerprint density at radius 3 is 2.60 bits per heavy atom. The molecule has 0 saturated carbocycles. The lowest BCUT2D eigenvalue weighted by atomic mass is 10.2. The van der Waals surface area contributed by atoms with E-state index < -0.39 is 12.0 Å². The minimum absolute atomic E-state index is 0.478. The number of nitrogens with zero attached hydrogens (tertiary/aromatic N) is 1. The van der Waals surface area contributed by atoms with Crippen LogP contribution in [0.3, 0.4) is 0 Å². The van der Waals surface area contributed by atoms with E-state index in [0.717, 1.165) is 24.2 Å². The zero-order chi connectivity index (χ0) is 11.4. The van der Waals surface area contributed by atoms with Gasteiger partial charge in [-0.1, -0.05) is 13.8 Å². The number of methoxy groups -OCH3 is 1. The third-order valence-corrected chi connectivity index (χ3v) is 2.32. The zero-order valence-electron chi connectivity index (χ0n) is 9.33. The van der Waals surface area contributed by atoms with E-state index in [2.05, 4.69) is 14.7 Å². The number of hydrogen-bond donors (Lipinski definition) is 2. The van der Waals surface area contributed by atoms with E-state index in [9.17, 15) is 4.79 Å². The molecule has 0 fully saturated rings. The second kappa shape index (κ2) is 4.93. The Labute approximate surface area is 89.0 Å². The molecule has 0 radical (unpaired) electrons. The van der Waals surface area contributed by atoms with Gasteiger partial charge in [-0.05, 0) is 12.8 Å². The minimum Gasteiger partial charge on any atom is -0.468 e. The summed E-state index contributed by atoms with van der Waals surface area (Å²) in [4.78, 5) is 18.5. The highest BCUT2D eigenvalue weighted by Crippen LogP contribution is 2.13. The van der Waals surface area contributed by atoms with Crippen molar-refractivity contribution >= 4 is 5.97 Å². The van der Waals surface area contributed by atoms with Crippen molar-refractivity contribution in [3.63, 3.8) is 0 Å². The number of H-pyrrole nitrogens is 1. The van der Waals surface area contributed by atoms with Crippen LogP contribution in [0.15, 0.2) is 0 Å². The molecular weight excluding hydrogens is 194 g/mol. The molecule has 0 aliphatic rings. The highest BCUT2D eigenvalue weighted by Gasteiger charge is 2.20. The van der Waals surface area contributed by atoms with Gasteiger partial charge in [-0.25, -0.2) is 9.78 Å². The predicted molar refractivity (Wildman–Crippen MR) is 56.3 cm³/mol. The van der Waals surface area contributed by atoms with Gasteiger partial charge in [-0.3, -0.25) is 0 Å². The Balaban J connectivity index is 2.95. The van der Waals surface area contributed by atoms with Crippen LogP contribution in [0.5, 0.6) is 0 Å². The number of nitrogens with two attached hydrogens (primary N) is 1. The van der Waals surface area contributed by atoms with Gasteiger partial charge in [0, 0.05) is 5.69 Å². The smallest absolute Gasteiger partial charge is 0.330 e. The van der Waals surface area contributed by atoms with Crippen molar-refractivity contribution in [3.8, 4) is 0 Å². The molecule has 1 heterocycles. The molecule has 0 aliphatic carbocycles. The van der Waals surface area contributed by atoms with Crippen LogP contribution in [0.1, 0.15) is 37.1 Å². The molecular formula is C10H17N3O2. The molecule has 0 aliphatic heterocycles. The van der Waals surface area contributed by atoms with Gasteiger partial charge in [-0.2, -0.15) is 0 Å². The Morgan fingerprint density at radius 2 is 2.20 bits per heavy atom. The van der Waals surface area contributed by atoms with Gasteiger partial charge >= 0.3 is 5.97 Å². The SMILES string of the molecule is CCc1nc([C@H](N)C(=O)OC)[nH]c1CC. The Kier molecular flexibility index (Phi) is 3.85. The Hall–Kier alpha value is -1.36. The van der Waals surface area contributed by atoms with Crippen molar-refractivity contribution in [1.29, 1.82) is 0 Å². The lowest BCUT2D eigenvalue weighted by molar-refractivity contribution is -0.142. The summed E-state index contributed by atoms with van der Waals surface area (Å²) in [5, 5.41) is 0. The van der Waals surface area contributed by atoms with E-state index in [4.69, 9.17) is 5.73 Å². The molecule has 5 nitrogen and oxygen atoms in total. The van der Waals surface area contributed by atoms with Gasteiger partial charge in [0.1, 0.15) is 5.82 Å². The number of carbonyl (C=O) groups excluding carboxylic acids is 1. The third-order valence-electron chi connectivity index (χ3n) is 2.32. The molecule has 0 saturated heterocycles. The number of rotatable bonds is 4. The summed E-state index contributed by atoms with van der Waals surface area (Å²) in [5.41, 5.74) is 7.67. The van der Waals surface area contributed by atoms with Gasteiger partial charge in [-0.15, -0.1) is 0 Å². The molecule has 1 atom stereocenters. The normalized spacial score (nSPS) is 12.5. The van der Waals surface area contributed by atoms with E-state index >= 15 is 0 Å². The number of ether oxygens (including phenoxy) is 1. The largest absolute Gasteiger partial charge is 0.468 e. The number of aromatic amines is 1. The zero-order valence-corrected chi connectivity index (χ0v) is 9.33. The maximum Gasteiger partial charge on any atom is 0.330 e. The fourth-order valence-electron chi connectivity index (χ4n) is 1.44. The molecule has 3 N–H and O–H groups in total. The van der Waals surface area contributed by atoms with Gasteiger partial charge in [0.15, 0.2) is 6.04 Å². The van der Waals surface area contributed by atoms with Crippen molar-refractivity contribution in [2.24, 2.45) is 5.73 Å². The van der Waals surface area contributed by atoms with E-state index in [0.29, 0.717) is 5.82 Å². The minimum atomic E-state index is -0.819. The lowest BCUT2D eigenvalue weighted by Gasteiger charge is -2.04. The number of nitrogens with one attached hydrogen (secondary N) is 1. The van der Waals surface area contributed by atoms with Crippen molar-refractivity contribution in [2.75, 3.05) is 7.11 Å². The van der Waals surface area contributed by atoms with Gasteiger partial charge in [0.05, 0.1) is 12.8 Å². The van der Waals surface area contributed by atoms with Crippen LogP contribution in [-0.2, 0) is 22.4 Å². The second-order valence-electron chi connectivity index (χ2n) is 3.26. The van der Waals surface area contributed by atoms with Crippen molar-refractivity contribution in [1.82, 2.24) is 9.97 Å². The van der Waals surface area contributed by atoms with E-state index in [1.807, 2.05) is 13.8 Å². The molecule has 0 spiro atoms. The van der Waals surface area contributed by atoms with Crippen LogP contribution in [0.25, 0.3) is 0 Å². The molecule has 1 rings (SSSR count). The maximum atomic E-state index is 11.2. The number of imidazole rings is 1. The number of hydrogen-bond acceptors (Lipinski definition) is 4. The van der Waals surface area contributed by atoms with Crippen LogP contribution < -0.4 is 5.73 Å². The van der Waals surface area contributed by atoms with Crippen LogP contribution in [0.2, 0.25) is 0 Å². The first kappa shape index (κ1) is 11.7. The molecule has 5 heteroatoms. The summed E-state index contributed by atoms with van der Waals surface area (Å²) >= 11 is 0. The summed E-state index contributed by atoms with van der Waals surface area (Å²) in [6, 6.07) is -0.819. The summed E-state index contributed by atoms with van der Waals surface area (Å²) in [6.45, 7) is 4.04. The monoisotopic (exact) mass is 211 g/mol. The van der Waals surface area contributed by atoms with Crippen molar-refractivity contribution in [3.05, 3.63) is 17.2 Å². The number of esters is 1. The van der Waals surface area contributed by atoms with E-state index in [1.165, 1.54) is 7.11 Å². The number of aromatic nitrogens is 2. The quantitative estimate of drug-likeness (QED) is 0.718. The fourth-order valence-corrected chi connectivity index (χ4v) is 1.44. The van der Waals surface area contributed by atoms with Crippen LogP contribution in [-0.4, -0.2) is 23.0 Å². The molecule has 1 aromatic heterocycles. The highest BCUT2D eigenvalue weighted by atomic mass is 16.5. The lowest BCUT2D eigenvalue weighted by Crippen LogP contribution is -2.23. The van der Waals surface area contributed by atoms with Crippen molar-refractivity contribution < 1.29 is 9.53 Å². The summed E-state index contributed by atoms with van der Waals surface area (Å²) < 4.78 is 4.56. The predicted octanol–water partition coefficient (Wildman–Crippen LogP) is 0.707. The average Bonchev–Trinajstić information content (AvgIpc) is 2.69. The first-order valence-electron chi connectivity index (χ1n) is 5.05. The number of carbonyl (C=O) groups is 1. The average molecular weight is 211 g/mol. The molecule has 15 heavy (non-hydrogen) atoms. The topological polar surface area (TPSA) is 81.0 Å². The third kappa shape index (κ3) is 2.36. The van der Waals surface area contributed by atoms with E-state index in [1.54, 1.807) is 0 Å². The molecule has 84 valence electrons. The highest BCUT2D eigenvalue weighted by molar-refractivity contribution is 5.76. The van der Waals surface area contributed by atoms with Crippen molar-refractivity contribution in [2.45, 2.75) is 32.7 Å². The summed E-state index contributed by atoms with van der Waals surface area (Å²) in [5.74, 6) is 0.00426. The summed E-state index contributed by atoms with van der Waals surface area (Å²) in [7, 11) is 1.31. The fraction of sp³-hybridized carbons (Fsp3) is 0.600. The molecule has 0 bridgehead atoms. The Morgan fingerprint density at radius 1 is 1.53 bits per heavy atom. The van der Waals surface area contributed by atoms with Crippen LogP contribution in [0.4, 0.5) is 0 Å². The second-order valence-corrected chi connectivity index (χ2v) is 3.26. The molecule has 0 unspecified atom stereocenters. The van der Waals surface area contributed by atoms with Crippen LogP contribution in [0, 0.1) is 0 Å². The van der Waals surface area contributed by atoms with Crippen LogP contribution >= 0.6 is 0 Å². The molecule has 1 aromatic rings. The maximum absolute atomic E-state index is 11.2. The summed E-state index contributed by atoms with van der Waals surface area (Å²) in [6.07, 6.45) is 1.68. The van der Waals surface area contributed by atoms with E-state index in [-0.39, 0.29) is 0 Å². The first-order valence-corrected chi connectivity index (χ1v) is 5.05. The number of aryl methyl sites for hydroxylation is 2. The first-order chi connectivity index (χ1) is 7.13. The van der Waals surface area contributed by atoms with Gasteiger partial charge < -0.3 is 15.5 Å². The van der Waals surface area contributed by atoms with Gasteiger partial charge in [0.2, 0.25) is 0 Å². The Bertz CT molecular complexity index is 325. The standard InChI is InChI=1S/C10H17N3O2/c1-4-6-7(5-2)13-9(12-6)8(11)10(14)15-3/h8H,4-5,11H2,1-3H3,(H,12,13)/t8-/m0/s1. The molecule has 0 aromatic carbocycles.